The maximum atomic E-state index is 13.0. The summed E-state index contributed by atoms with van der Waals surface area (Å²) in [5, 5.41) is 25.9. The molecule has 4 aromatic carbocycles. The summed E-state index contributed by atoms with van der Waals surface area (Å²) in [5.74, 6) is -1.07. The van der Waals surface area contributed by atoms with E-state index in [1.807, 2.05) is 139 Å². The van der Waals surface area contributed by atoms with Crippen molar-refractivity contribution >= 4 is 0 Å². The van der Waals surface area contributed by atoms with Crippen molar-refractivity contribution < 1.29 is 19.7 Å². The van der Waals surface area contributed by atoms with E-state index in [-0.39, 0.29) is 0 Å². The molecule has 0 radical (unpaired) electrons. The molecule has 1 heterocycles. The van der Waals surface area contributed by atoms with Crippen molar-refractivity contribution in [1.82, 2.24) is 0 Å². The molecule has 1 aliphatic heterocycles. The van der Waals surface area contributed by atoms with Gasteiger partial charge >= 0.3 is 0 Å². The van der Waals surface area contributed by atoms with Gasteiger partial charge in [0, 0.05) is 0 Å². The average molecular weight is 523 g/mol. The summed E-state index contributed by atoms with van der Waals surface area (Å²) in [4.78, 5) is 0. The van der Waals surface area contributed by atoms with Crippen molar-refractivity contribution in [2.24, 2.45) is 0 Å². The van der Waals surface area contributed by atoms with Crippen molar-refractivity contribution in [2.45, 2.75) is 70.7 Å². The fourth-order valence-corrected chi connectivity index (χ4v) is 5.89. The highest BCUT2D eigenvalue weighted by atomic mass is 16.8. The molecule has 4 nitrogen and oxygen atoms in total. The SMILES string of the molecule is Cc1cccc(C(O)(c2cccc(C)c2)[C@@H]2OC(C)(C)O[C@H]2C(O)(c2cccc(C)c2)c2cccc(C)c2)c1. The second-order valence-electron chi connectivity index (χ2n) is 11.5. The van der Waals surface area contributed by atoms with E-state index in [2.05, 4.69) is 0 Å². The summed E-state index contributed by atoms with van der Waals surface area (Å²) < 4.78 is 13.3. The highest BCUT2D eigenvalue weighted by Gasteiger charge is 2.61. The summed E-state index contributed by atoms with van der Waals surface area (Å²) in [6, 6.07) is 31.3. The lowest BCUT2D eigenvalue weighted by molar-refractivity contribution is -0.172. The number of aliphatic hydroxyl groups is 2. The molecule has 2 N–H and O–H groups in total. The van der Waals surface area contributed by atoms with Crippen molar-refractivity contribution in [2.75, 3.05) is 0 Å². The Labute approximate surface area is 231 Å². The molecule has 1 aliphatic rings. The molecular formula is C35H38O4. The van der Waals surface area contributed by atoms with Crippen LogP contribution in [-0.4, -0.2) is 28.2 Å². The zero-order valence-corrected chi connectivity index (χ0v) is 23.6. The van der Waals surface area contributed by atoms with Gasteiger partial charge < -0.3 is 19.7 Å². The maximum Gasteiger partial charge on any atom is 0.164 e. The Balaban J connectivity index is 1.80. The van der Waals surface area contributed by atoms with Crippen LogP contribution in [0, 0.1) is 27.7 Å². The minimum absolute atomic E-state index is 0.681. The van der Waals surface area contributed by atoms with Gasteiger partial charge in [-0.25, -0.2) is 0 Å². The standard InChI is InChI=1S/C35H38O4/c1-23-11-7-15-27(19-23)34(36,28-16-8-12-24(2)20-28)31-32(39-33(5,6)38-31)35(37,29-17-9-13-25(3)21-29)30-18-10-14-26(4)22-30/h7-22,31-32,36-37H,1-6H3/t31-,32-/m1/s1. The molecule has 0 bridgehead atoms. The van der Waals surface area contributed by atoms with E-state index in [0.717, 1.165) is 22.3 Å². The topological polar surface area (TPSA) is 58.9 Å². The Bertz CT molecular complexity index is 1290. The van der Waals surface area contributed by atoms with Crippen LogP contribution in [0.2, 0.25) is 0 Å². The zero-order chi connectivity index (χ0) is 28.0. The van der Waals surface area contributed by atoms with E-state index in [1.54, 1.807) is 0 Å². The smallest absolute Gasteiger partial charge is 0.164 e. The predicted octanol–water partition coefficient (Wildman–Crippen LogP) is 6.61. The summed E-state index contributed by atoms with van der Waals surface area (Å²) in [6.07, 6.45) is -1.91. The monoisotopic (exact) mass is 522 g/mol. The van der Waals surface area contributed by atoms with Crippen LogP contribution in [0.4, 0.5) is 0 Å². The fraction of sp³-hybridized carbons (Fsp3) is 0.314. The third-order valence-electron chi connectivity index (χ3n) is 7.75. The average Bonchev–Trinajstić information content (AvgIpc) is 3.24. The molecule has 4 heteroatoms. The van der Waals surface area contributed by atoms with Crippen LogP contribution in [-0.2, 0) is 20.7 Å². The first-order chi connectivity index (χ1) is 18.4. The summed E-state index contributed by atoms with van der Waals surface area (Å²) >= 11 is 0. The van der Waals surface area contributed by atoms with Gasteiger partial charge in [0.1, 0.15) is 23.4 Å². The van der Waals surface area contributed by atoms with Crippen LogP contribution in [0.25, 0.3) is 0 Å². The first-order valence-corrected chi connectivity index (χ1v) is 13.5. The molecule has 0 unspecified atom stereocenters. The van der Waals surface area contributed by atoms with Gasteiger partial charge in [0.2, 0.25) is 0 Å². The first kappa shape index (κ1) is 27.3. The van der Waals surface area contributed by atoms with Gasteiger partial charge in [0.25, 0.3) is 0 Å². The van der Waals surface area contributed by atoms with E-state index >= 15 is 0 Å². The predicted molar refractivity (Wildman–Crippen MR) is 155 cm³/mol. The molecule has 1 fully saturated rings. The van der Waals surface area contributed by atoms with Crippen molar-refractivity contribution in [3.05, 3.63) is 142 Å². The molecule has 1 saturated heterocycles. The van der Waals surface area contributed by atoms with Gasteiger partial charge in [-0.05, 0) is 63.8 Å². The number of rotatable bonds is 6. The Morgan fingerprint density at radius 2 is 0.769 bits per heavy atom. The van der Waals surface area contributed by atoms with Crippen LogP contribution < -0.4 is 0 Å². The number of hydrogen-bond acceptors (Lipinski definition) is 4. The van der Waals surface area contributed by atoms with E-state index in [0.29, 0.717) is 22.3 Å². The van der Waals surface area contributed by atoms with Gasteiger partial charge in [0.15, 0.2) is 5.79 Å². The van der Waals surface area contributed by atoms with E-state index < -0.39 is 29.2 Å². The molecule has 0 amide bonds. The molecule has 39 heavy (non-hydrogen) atoms. The molecule has 202 valence electrons. The fourth-order valence-electron chi connectivity index (χ4n) is 5.89. The van der Waals surface area contributed by atoms with Gasteiger partial charge in [-0.3, -0.25) is 0 Å². The highest BCUT2D eigenvalue weighted by molar-refractivity contribution is 5.46. The molecule has 2 atom stereocenters. The molecule has 0 aliphatic carbocycles. The number of benzene rings is 4. The molecule has 0 aromatic heterocycles. The summed E-state index contributed by atoms with van der Waals surface area (Å²) in [5.41, 5.74) is 3.53. The van der Waals surface area contributed by atoms with Crippen LogP contribution >= 0.6 is 0 Å². The maximum absolute atomic E-state index is 13.0. The van der Waals surface area contributed by atoms with E-state index in [1.165, 1.54) is 0 Å². The Kier molecular flexibility index (Phi) is 7.02. The lowest BCUT2D eigenvalue weighted by Gasteiger charge is -2.43. The summed E-state index contributed by atoms with van der Waals surface area (Å²) in [6.45, 7) is 11.7. The Morgan fingerprint density at radius 1 is 0.513 bits per heavy atom. The molecular weight excluding hydrogens is 484 g/mol. The minimum Gasteiger partial charge on any atom is -0.378 e. The third kappa shape index (κ3) is 4.94. The quantitative estimate of drug-likeness (QED) is 0.299. The first-order valence-electron chi connectivity index (χ1n) is 13.5. The van der Waals surface area contributed by atoms with E-state index in [4.69, 9.17) is 9.47 Å². The van der Waals surface area contributed by atoms with Crippen LogP contribution in [0.3, 0.4) is 0 Å². The number of aryl methyl sites for hydroxylation is 4. The third-order valence-corrected chi connectivity index (χ3v) is 7.75. The van der Waals surface area contributed by atoms with Gasteiger partial charge in [-0.2, -0.15) is 0 Å². The Morgan fingerprint density at radius 3 is 1.00 bits per heavy atom. The van der Waals surface area contributed by atoms with Crippen LogP contribution in [0.15, 0.2) is 97.1 Å². The lowest BCUT2D eigenvalue weighted by Crippen LogP contribution is -2.55. The Hall–Kier alpha value is -3.28. The van der Waals surface area contributed by atoms with Gasteiger partial charge in [-0.15, -0.1) is 0 Å². The van der Waals surface area contributed by atoms with Gasteiger partial charge in [-0.1, -0.05) is 119 Å². The van der Waals surface area contributed by atoms with E-state index in [9.17, 15) is 10.2 Å². The largest absolute Gasteiger partial charge is 0.378 e. The van der Waals surface area contributed by atoms with Crippen LogP contribution in [0.1, 0.15) is 58.4 Å². The number of hydrogen-bond donors (Lipinski definition) is 2. The second kappa shape index (κ2) is 10.0. The van der Waals surface area contributed by atoms with Crippen molar-refractivity contribution in [1.29, 1.82) is 0 Å². The molecule has 5 rings (SSSR count). The minimum atomic E-state index is -1.63. The summed E-state index contributed by atoms with van der Waals surface area (Å²) in [7, 11) is 0. The molecule has 0 saturated carbocycles. The molecule has 0 spiro atoms. The lowest BCUT2D eigenvalue weighted by atomic mass is 9.71. The number of ether oxygens (including phenoxy) is 2. The van der Waals surface area contributed by atoms with Crippen LogP contribution in [0.5, 0.6) is 0 Å². The van der Waals surface area contributed by atoms with Crippen molar-refractivity contribution in [3.8, 4) is 0 Å². The highest BCUT2D eigenvalue weighted by Crippen LogP contribution is 2.50. The van der Waals surface area contributed by atoms with Crippen molar-refractivity contribution in [3.63, 3.8) is 0 Å². The van der Waals surface area contributed by atoms with Gasteiger partial charge in [0.05, 0.1) is 0 Å². The normalized spacial score (nSPS) is 19.3. The molecule has 4 aromatic rings. The second-order valence-corrected chi connectivity index (χ2v) is 11.5. The zero-order valence-electron chi connectivity index (χ0n) is 23.6.